The average Bonchev–Trinajstić information content (AvgIpc) is 3.90. The second-order valence-corrected chi connectivity index (χ2v) is 14.0. The number of nitrogens with one attached hydrogen (secondary N) is 1. The Kier molecular flexibility index (Phi) is 11.2. The van der Waals surface area contributed by atoms with Crippen LogP contribution in [0.3, 0.4) is 0 Å². The number of hydrogen-bond acceptors (Lipinski definition) is 11. The highest BCUT2D eigenvalue weighted by Crippen LogP contribution is 2.47. The lowest BCUT2D eigenvalue weighted by Gasteiger charge is -2.19. The fraction of sp³-hybridized carbons (Fsp3) is 0.429. The molecule has 2 fully saturated rings. The van der Waals surface area contributed by atoms with E-state index in [1.54, 1.807) is 6.08 Å². The van der Waals surface area contributed by atoms with Crippen LogP contribution in [0.4, 0.5) is 0 Å². The summed E-state index contributed by atoms with van der Waals surface area (Å²) >= 11 is 0. The number of carbonyl (C=O) groups excluding carboxylic acids is 3. The first-order valence-electron chi connectivity index (χ1n) is 18.5. The molecule has 11 heteroatoms. The van der Waals surface area contributed by atoms with Crippen LogP contribution in [0.2, 0.25) is 0 Å². The third kappa shape index (κ3) is 6.90. The predicted octanol–water partition coefficient (Wildman–Crippen LogP) is 6.69. The summed E-state index contributed by atoms with van der Waals surface area (Å²) in [6.45, 7) is 12.4. The lowest BCUT2D eigenvalue weighted by atomic mass is 9.85. The highest BCUT2D eigenvalue weighted by atomic mass is 16.5. The molecule has 3 atom stereocenters. The van der Waals surface area contributed by atoms with E-state index in [4.69, 9.17) is 29.6 Å². The first-order chi connectivity index (χ1) is 25.6. The van der Waals surface area contributed by atoms with Crippen LogP contribution in [-0.4, -0.2) is 65.4 Å². The summed E-state index contributed by atoms with van der Waals surface area (Å²) in [5, 5.41) is 23.0. The fourth-order valence-electron chi connectivity index (χ4n) is 7.99. The van der Waals surface area contributed by atoms with E-state index in [0.29, 0.717) is 81.7 Å². The van der Waals surface area contributed by atoms with Crippen molar-refractivity contribution >= 4 is 34.9 Å². The maximum atomic E-state index is 14.2. The van der Waals surface area contributed by atoms with Gasteiger partial charge in [0.05, 0.1) is 54.2 Å². The van der Waals surface area contributed by atoms with Crippen molar-refractivity contribution in [3.63, 3.8) is 0 Å². The number of ketones is 1. The molecule has 0 unspecified atom stereocenters. The first-order valence-corrected chi connectivity index (χ1v) is 18.5. The highest BCUT2D eigenvalue weighted by molar-refractivity contribution is 6.42. The third-order valence-electron chi connectivity index (χ3n) is 11.0. The molecule has 1 aliphatic carbocycles. The molecule has 0 spiro atoms. The van der Waals surface area contributed by atoms with Crippen LogP contribution in [0.15, 0.2) is 120 Å². The van der Waals surface area contributed by atoms with Gasteiger partial charge in [-0.3, -0.25) is 14.4 Å². The number of Topliss-reactive ketones (excluding diaryl/α,β-unsaturated/α-hetero) is 1. The van der Waals surface area contributed by atoms with Gasteiger partial charge in [0, 0.05) is 58.6 Å². The average molecular weight is 721 g/mol. The van der Waals surface area contributed by atoms with Crippen LogP contribution in [0, 0.1) is 17.8 Å². The molecule has 8 bridgehead atoms. The Morgan fingerprint density at radius 1 is 1.00 bits per heavy atom. The van der Waals surface area contributed by atoms with Crippen molar-refractivity contribution in [2.75, 3.05) is 20.3 Å². The van der Waals surface area contributed by atoms with Gasteiger partial charge in [-0.1, -0.05) is 45.8 Å². The van der Waals surface area contributed by atoms with Gasteiger partial charge in [0.15, 0.2) is 5.78 Å². The van der Waals surface area contributed by atoms with E-state index >= 15 is 0 Å². The number of ether oxygens (including phenoxy) is 2. The molecule has 6 rings (SSSR count). The lowest BCUT2D eigenvalue weighted by Crippen LogP contribution is -2.26. The minimum absolute atomic E-state index is 0.142. The van der Waals surface area contributed by atoms with Crippen molar-refractivity contribution in [3.05, 3.63) is 105 Å². The Bertz CT molecular complexity index is 2010. The molecular weight excluding hydrogens is 672 g/mol. The summed E-state index contributed by atoms with van der Waals surface area (Å²) in [4.78, 5) is 55.6. The van der Waals surface area contributed by atoms with E-state index in [1.165, 1.54) is 7.11 Å². The van der Waals surface area contributed by atoms with Crippen LogP contribution in [0.25, 0.3) is 0 Å². The Morgan fingerprint density at radius 3 is 2.45 bits per heavy atom. The number of aliphatic hydroxyl groups is 2. The normalized spacial score (nSPS) is 24.0. The summed E-state index contributed by atoms with van der Waals surface area (Å²) < 4.78 is 10.8. The maximum Gasteiger partial charge on any atom is 0.321 e. The van der Waals surface area contributed by atoms with Crippen LogP contribution >= 0.6 is 0 Å². The second-order valence-electron chi connectivity index (χ2n) is 14.0. The van der Waals surface area contributed by atoms with E-state index in [2.05, 4.69) is 18.8 Å². The number of fused-ring (bicyclic) bond motifs is 5. The van der Waals surface area contributed by atoms with E-state index in [-0.39, 0.29) is 36.6 Å². The zero-order valence-electron chi connectivity index (χ0n) is 31.2. The summed E-state index contributed by atoms with van der Waals surface area (Å²) in [7, 11) is 1.27. The lowest BCUT2D eigenvalue weighted by molar-refractivity contribution is -0.146. The SMILES string of the molecule is C=CC1=C(C)C2=NC1=CC1=NC(=C(CC)/C1=C/O)C=C1N=C3C(=C1C)C(=O)[C@H](C(=O)OC)C3=C1NC(=C2)[C@@H](C)[C@@H]1CCC(=O)OCCCCCCCO. The molecule has 0 radical (unpaired) electrons. The molecular formula is C42H48N4O7. The molecule has 0 aromatic carbocycles. The number of carbonyl (C=O) groups is 3. The van der Waals surface area contributed by atoms with Crippen molar-refractivity contribution in [3.8, 4) is 0 Å². The van der Waals surface area contributed by atoms with Crippen molar-refractivity contribution < 1.29 is 34.1 Å². The minimum Gasteiger partial charge on any atom is -0.515 e. The van der Waals surface area contributed by atoms with E-state index in [9.17, 15) is 19.5 Å². The largest absolute Gasteiger partial charge is 0.515 e. The van der Waals surface area contributed by atoms with E-state index < -0.39 is 11.9 Å². The van der Waals surface area contributed by atoms with Gasteiger partial charge in [-0.05, 0) is 74.5 Å². The molecule has 3 N–H and O–H groups in total. The summed E-state index contributed by atoms with van der Waals surface area (Å²) in [6.07, 6.45) is 14.0. The molecule has 278 valence electrons. The number of aliphatic hydroxyl groups excluding tert-OH is 2. The van der Waals surface area contributed by atoms with Crippen molar-refractivity contribution in [2.45, 2.75) is 79.1 Å². The van der Waals surface area contributed by atoms with Gasteiger partial charge in [-0.25, -0.2) is 15.0 Å². The number of aliphatic imine (C=N–C) groups is 3. The summed E-state index contributed by atoms with van der Waals surface area (Å²) in [5.74, 6) is -3.05. The Morgan fingerprint density at radius 2 is 1.75 bits per heavy atom. The van der Waals surface area contributed by atoms with Gasteiger partial charge >= 0.3 is 11.9 Å². The Hall–Kier alpha value is -5.16. The van der Waals surface area contributed by atoms with Crippen LogP contribution in [-0.2, 0) is 23.9 Å². The highest BCUT2D eigenvalue weighted by Gasteiger charge is 2.51. The van der Waals surface area contributed by atoms with Gasteiger partial charge in [0.1, 0.15) is 5.92 Å². The number of hydrogen-bond donors (Lipinski definition) is 3. The van der Waals surface area contributed by atoms with Gasteiger partial charge in [0.25, 0.3) is 0 Å². The quantitative estimate of drug-likeness (QED) is 0.0822. The first kappa shape index (κ1) is 37.6. The van der Waals surface area contributed by atoms with E-state index in [1.807, 2.05) is 39.0 Å². The Balaban J connectivity index is 1.47. The van der Waals surface area contributed by atoms with Gasteiger partial charge < -0.3 is 25.0 Å². The fourth-order valence-corrected chi connectivity index (χ4v) is 7.99. The minimum atomic E-state index is -1.23. The molecule has 11 nitrogen and oxygen atoms in total. The van der Waals surface area contributed by atoms with Crippen LogP contribution in [0.5, 0.6) is 0 Å². The van der Waals surface area contributed by atoms with Crippen molar-refractivity contribution in [2.24, 2.45) is 32.7 Å². The standard InChI is InChI=1S/C42H48N4O7/c1-7-25-22(3)29-18-30-23(4)27(14-15-35(49)53-17-13-11-9-10-12-16-47)39(45-30)37-38(42(51)52-6)41(50)36-24(5)31(46-40(36)37)19-33-26(8-2)28(21-48)34(44-33)20-32(25)43-29/h7,18-21,23,27,38,45,47-48H,1,8-17H2,2-6H3/b28-21-,30-18?,31-19?,32-20?,39-37?/t23-,27-,38+/m0/s1. The number of unbranched alkanes of at least 4 members (excludes halogenated alkanes) is 4. The Labute approximate surface area is 310 Å². The van der Waals surface area contributed by atoms with Crippen molar-refractivity contribution in [1.29, 1.82) is 0 Å². The molecule has 53 heavy (non-hydrogen) atoms. The van der Waals surface area contributed by atoms with Gasteiger partial charge in [0.2, 0.25) is 0 Å². The number of nitrogens with zero attached hydrogens (tertiary/aromatic N) is 3. The van der Waals surface area contributed by atoms with E-state index in [0.717, 1.165) is 60.8 Å². The molecule has 0 aromatic rings. The summed E-state index contributed by atoms with van der Waals surface area (Å²) in [5.41, 5.74) is 9.50. The molecule has 5 heterocycles. The molecule has 1 saturated carbocycles. The molecule has 5 aliphatic heterocycles. The van der Waals surface area contributed by atoms with Crippen molar-refractivity contribution in [1.82, 2.24) is 5.32 Å². The number of esters is 2. The molecule has 1 saturated heterocycles. The third-order valence-corrected chi connectivity index (χ3v) is 11.0. The molecule has 6 aliphatic rings. The predicted molar refractivity (Wildman–Crippen MR) is 204 cm³/mol. The van der Waals surface area contributed by atoms with Gasteiger partial charge in [-0.15, -0.1) is 0 Å². The monoisotopic (exact) mass is 720 g/mol. The maximum absolute atomic E-state index is 14.2. The topological polar surface area (TPSA) is 159 Å². The molecule has 0 aromatic heterocycles. The number of allylic oxidation sites excluding steroid dienone is 11. The number of methoxy groups -OCH3 is 1. The van der Waals surface area contributed by atoms with Crippen LogP contribution < -0.4 is 5.32 Å². The summed E-state index contributed by atoms with van der Waals surface area (Å²) in [6, 6.07) is 0. The number of rotatable bonds is 13. The van der Waals surface area contributed by atoms with Gasteiger partial charge in [-0.2, -0.15) is 0 Å². The zero-order chi connectivity index (χ0) is 38.0. The van der Waals surface area contributed by atoms with Crippen LogP contribution in [0.1, 0.15) is 79.1 Å². The zero-order valence-corrected chi connectivity index (χ0v) is 31.2. The smallest absolute Gasteiger partial charge is 0.321 e. The second kappa shape index (κ2) is 15.8. The molecule has 0 amide bonds.